The van der Waals surface area contributed by atoms with Gasteiger partial charge in [-0.3, -0.25) is 0 Å². The molecule has 96 valence electrons. The van der Waals surface area contributed by atoms with Gasteiger partial charge < -0.3 is 5.32 Å². The summed E-state index contributed by atoms with van der Waals surface area (Å²) in [5.74, 6) is 0. The number of hydrogen-bond acceptors (Lipinski definition) is 3. The topological polar surface area (TPSA) is 24.9 Å². The Morgan fingerprint density at radius 2 is 2.22 bits per heavy atom. The maximum Gasteiger partial charge on any atom is 0.107 e. The van der Waals surface area contributed by atoms with Gasteiger partial charge in [-0.1, -0.05) is 40.5 Å². The van der Waals surface area contributed by atoms with Crippen LogP contribution in [-0.4, -0.2) is 4.98 Å². The van der Waals surface area contributed by atoms with E-state index < -0.39 is 0 Å². The molecule has 5 heteroatoms. The minimum absolute atomic E-state index is 0.757. The van der Waals surface area contributed by atoms with E-state index in [1.807, 2.05) is 24.4 Å². The number of aromatic nitrogens is 1. The predicted octanol–water partition coefficient (Wildman–Crippen LogP) is 4.41. The van der Waals surface area contributed by atoms with E-state index in [2.05, 4.69) is 33.2 Å². The van der Waals surface area contributed by atoms with Crippen LogP contribution in [0.2, 0.25) is 5.02 Å². The van der Waals surface area contributed by atoms with Gasteiger partial charge in [0.2, 0.25) is 0 Å². The minimum atomic E-state index is 0.757. The molecule has 1 N–H and O–H groups in total. The van der Waals surface area contributed by atoms with E-state index in [0.717, 1.165) is 39.6 Å². The molecule has 0 unspecified atom stereocenters. The second-order valence-electron chi connectivity index (χ2n) is 3.91. The first-order valence-electron chi connectivity index (χ1n) is 5.77. The molecule has 0 aliphatic carbocycles. The molecule has 0 amide bonds. The zero-order valence-corrected chi connectivity index (χ0v) is 13.2. The largest absolute Gasteiger partial charge is 0.306 e. The number of benzene rings is 1. The molecule has 0 fully saturated rings. The summed E-state index contributed by atoms with van der Waals surface area (Å²) in [5.41, 5.74) is 1.10. The van der Waals surface area contributed by atoms with Crippen LogP contribution in [0.4, 0.5) is 0 Å². The van der Waals surface area contributed by atoms with Crippen LogP contribution in [0.15, 0.2) is 28.9 Å². The summed E-state index contributed by atoms with van der Waals surface area (Å²) in [7, 11) is 0. The zero-order valence-electron chi connectivity index (χ0n) is 10.0. The Morgan fingerprint density at radius 1 is 1.39 bits per heavy atom. The molecular weight excluding hydrogens is 332 g/mol. The Labute approximate surface area is 125 Å². The monoisotopic (exact) mass is 344 g/mol. The molecule has 0 saturated carbocycles. The third-order valence-corrected chi connectivity index (χ3v) is 4.54. The first kappa shape index (κ1) is 14.0. The Hall–Kier alpha value is -0.420. The molecule has 0 aliphatic rings. The summed E-state index contributed by atoms with van der Waals surface area (Å²) in [6, 6.07) is 5.94. The van der Waals surface area contributed by atoms with Crippen molar-refractivity contribution >= 4 is 38.9 Å². The lowest BCUT2D eigenvalue weighted by atomic mass is 10.2. The highest BCUT2D eigenvalue weighted by molar-refractivity contribution is 9.10. The van der Waals surface area contributed by atoms with Crippen LogP contribution >= 0.6 is 38.9 Å². The molecule has 0 atom stereocenters. The fourth-order valence-corrected chi connectivity index (χ4v) is 3.13. The Balaban J connectivity index is 1.88. The van der Waals surface area contributed by atoms with Gasteiger partial charge in [0.1, 0.15) is 5.01 Å². The number of nitrogens with one attached hydrogen (secondary N) is 1. The first-order chi connectivity index (χ1) is 8.69. The quantitative estimate of drug-likeness (QED) is 0.868. The van der Waals surface area contributed by atoms with E-state index in [1.165, 1.54) is 4.88 Å². The smallest absolute Gasteiger partial charge is 0.107 e. The van der Waals surface area contributed by atoms with E-state index in [-0.39, 0.29) is 0 Å². The van der Waals surface area contributed by atoms with Crippen molar-refractivity contribution in [2.24, 2.45) is 0 Å². The van der Waals surface area contributed by atoms with Gasteiger partial charge in [-0.2, -0.15) is 0 Å². The van der Waals surface area contributed by atoms with E-state index in [4.69, 9.17) is 11.6 Å². The fourth-order valence-electron chi connectivity index (χ4n) is 1.56. The molecule has 0 spiro atoms. The van der Waals surface area contributed by atoms with Gasteiger partial charge in [-0.05, 0) is 24.1 Å². The summed E-state index contributed by atoms with van der Waals surface area (Å²) < 4.78 is 1.00. The van der Waals surface area contributed by atoms with Crippen molar-refractivity contribution in [1.82, 2.24) is 10.3 Å². The Bertz CT molecular complexity index is 527. The molecule has 0 aliphatic heterocycles. The lowest BCUT2D eigenvalue weighted by Gasteiger charge is -2.05. The molecule has 1 heterocycles. The van der Waals surface area contributed by atoms with Gasteiger partial charge in [0.05, 0.1) is 0 Å². The number of halogens is 2. The van der Waals surface area contributed by atoms with Gasteiger partial charge in [0, 0.05) is 33.7 Å². The summed E-state index contributed by atoms with van der Waals surface area (Å²) in [4.78, 5) is 5.70. The van der Waals surface area contributed by atoms with Crippen molar-refractivity contribution in [3.63, 3.8) is 0 Å². The molecule has 2 aromatic rings. The highest BCUT2D eigenvalue weighted by Gasteiger charge is 2.03. The molecule has 2 nitrogen and oxygen atoms in total. The van der Waals surface area contributed by atoms with Gasteiger partial charge in [-0.25, -0.2) is 4.98 Å². The van der Waals surface area contributed by atoms with E-state index in [9.17, 15) is 0 Å². The SMILES string of the molecule is CCc1cnc(CNCc2ccc(Br)cc2Cl)s1. The molecule has 1 aromatic heterocycles. The average Bonchev–Trinajstić information content (AvgIpc) is 2.80. The minimum Gasteiger partial charge on any atom is -0.306 e. The van der Waals surface area contributed by atoms with Crippen LogP contribution < -0.4 is 5.32 Å². The maximum absolute atomic E-state index is 6.15. The van der Waals surface area contributed by atoms with Crippen LogP contribution in [0.3, 0.4) is 0 Å². The molecule has 0 bridgehead atoms. The van der Waals surface area contributed by atoms with Gasteiger partial charge in [0.15, 0.2) is 0 Å². The molecule has 18 heavy (non-hydrogen) atoms. The first-order valence-corrected chi connectivity index (χ1v) is 7.76. The summed E-state index contributed by atoms with van der Waals surface area (Å²) >= 11 is 11.3. The highest BCUT2D eigenvalue weighted by atomic mass is 79.9. The number of nitrogens with zero attached hydrogens (tertiary/aromatic N) is 1. The van der Waals surface area contributed by atoms with E-state index >= 15 is 0 Å². The Kier molecular flexibility index (Phi) is 5.18. The van der Waals surface area contributed by atoms with Gasteiger partial charge in [-0.15, -0.1) is 11.3 Å². The van der Waals surface area contributed by atoms with Crippen molar-refractivity contribution in [3.05, 3.63) is 49.3 Å². The number of thiazole rings is 1. The number of rotatable bonds is 5. The predicted molar refractivity (Wildman–Crippen MR) is 81.2 cm³/mol. The molecular formula is C13H14BrClN2S. The maximum atomic E-state index is 6.15. The van der Waals surface area contributed by atoms with Gasteiger partial charge >= 0.3 is 0 Å². The van der Waals surface area contributed by atoms with E-state index in [1.54, 1.807) is 11.3 Å². The molecule has 0 radical (unpaired) electrons. The summed E-state index contributed by atoms with van der Waals surface area (Å²) in [5, 5.41) is 5.27. The molecule has 2 rings (SSSR count). The Morgan fingerprint density at radius 3 is 2.89 bits per heavy atom. The standard InChI is InChI=1S/C13H14BrClN2S/c1-2-11-7-17-13(18-11)8-16-6-9-3-4-10(14)5-12(9)15/h3-5,7,16H,2,6,8H2,1H3. The number of hydrogen-bond donors (Lipinski definition) is 1. The van der Waals surface area contributed by atoms with Crippen LogP contribution in [0.5, 0.6) is 0 Å². The highest BCUT2D eigenvalue weighted by Crippen LogP contribution is 2.21. The summed E-state index contributed by atoms with van der Waals surface area (Å²) in [6.07, 6.45) is 3.00. The third-order valence-electron chi connectivity index (χ3n) is 2.56. The van der Waals surface area contributed by atoms with Crippen molar-refractivity contribution in [1.29, 1.82) is 0 Å². The second-order valence-corrected chi connectivity index (χ2v) is 6.44. The molecule has 1 aromatic carbocycles. The van der Waals surface area contributed by atoms with Crippen molar-refractivity contribution in [2.45, 2.75) is 26.4 Å². The summed E-state index contributed by atoms with van der Waals surface area (Å²) in [6.45, 7) is 3.69. The molecule has 0 saturated heterocycles. The second kappa shape index (κ2) is 6.66. The van der Waals surface area contributed by atoms with Crippen molar-refractivity contribution in [2.75, 3.05) is 0 Å². The lowest BCUT2D eigenvalue weighted by Crippen LogP contribution is -2.12. The van der Waals surface area contributed by atoms with Crippen LogP contribution in [0.25, 0.3) is 0 Å². The fraction of sp³-hybridized carbons (Fsp3) is 0.308. The van der Waals surface area contributed by atoms with Crippen LogP contribution in [0, 0.1) is 0 Å². The number of aryl methyl sites for hydroxylation is 1. The van der Waals surface area contributed by atoms with Crippen molar-refractivity contribution in [3.8, 4) is 0 Å². The van der Waals surface area contributed by atoms with Gasteiger partial charge in [0.25, 0.3) is 0 Å². The van der Waals surface area contributed by atoms with E-state index in [0.29, 0.717) is 0 Å². The average molecular weight is 346 g/mol. The third kappa shape index (κ3) is 3.79. The zero-order chi connectivity index (χ0) is 13.0. The van der Waals surface area contributed by atoms with Crippen molar-refractivity contribution < 1.29 is 0 Å². The lowest BCUT2D eigenvalue weighted by molar-refractivity contribution is 0.690. The van der Waals surface area contributed by atoms with Crippen LogP contribution in [0.1, 0.15) is 22.4 Å². The normalized spacial score (nSPS) is 10.8. The van der Waals surface area contributed by atoms with Crippen LogP contribution in [-0.2, 0) is 19.5 Å².